The van der Waals surface area contributed by atoms with Crippen LogP contribution in [0.25, 0.3) is 0 Å². The first-order chi connectivity index (χ1) is 9.42. The van der Waals surface area contributed by atoms with Crippen LogP contribution in [0.1, 0.15) is 24.2 Å². The van der Waals surface area contributed by atoms with E-state index in [1.54, 1.807) is 0 Å². The number of ether oxygens (including phenoxy) is 1. The molecule has 8 heteroatoms. The molecule has 0 radical (unpaired) electrons. The number of aliphatic hydroxyl groups excluding tert-OH is 3. The van der Waals surface area contributed by atoms with Crippen LogP contribution in [0, 0.1) is 10.1 Å². The number of esters is 1. The van der Waals surface area contributed by atoms with Crippen molar-refractivity contribution >= 4 is 11.7 Å². The number of nitro benzene ring substituents is 1. The molecule has 0 amide bonds. The fourth-order valence-electron chi connectivity index (χ4n) is 1.61. The van der Waals surface area contributed by atoms with Crippen LogP contribution >= 0.6 is 0 Å². The van der Waals surface area contributed by atoms with Gasteiger partial charge in [-0.15, -0.1) is 0 Å². The lowest BCUT2D eigenvalue weighted by Crippen LogP contribution is -2.30. The molecule has 0 aliphatic heterocycles. The Kier molecular flexibility index (Phi) is 5.56. The van der Waals surface area contributed by atoms with Gasteiger partial charge in [-0.25, -0.2) is 4.79 Å². The van der Waals surface area contributed by atoms with Gasteiger partial charge >= 0.3 is 5.97 Å². The van der Waals surface area contributed by atoms with Gasteiger partial charge in [-0.2, -0.15) is 0 Å². The second-order valence-corrected chi connectivity index (χ2v) is 3.95. The fourth-order valence-corrected chi connectivity index (χ4v) is 1.61. The number of benzene rings is 1. The fraction of sp³-hybridized carbons (Fsp3) is 0.417. The highest BCUT2D eigenvalue weighted by Crippen LogP contribution is 2.26. The van der Waals surface area contributed by atoms with Gasteiger partial charge in [-0.05, 0) is 18.6 Å². The summed E-state index contributed by atoms with van der Waals surface area (Å²) in [6.45, 7) is 1.04. The number of rotatable bonds is 6. The van der Waals surface area contributed by atoms with Crippen LogP contribution in [-0.2, 0) is 16.1 Å². The van der Waals surface area contributed by atoms with Crippen molar-refractivity contribution < 1.29 is 29.8 Å². The van der Waals surface area contributed by atoms with Crippen molar-refractivity contribution in [2.24, 2.45) is 0 Å². The molecule has 1 rings (SSSR count). The Morgan fingerprint density at radius 3 is 2.60 bits per heavy atom. The quantitative estimate of drug-likeness (QED) is 0.382. The normalized spacial score (nSPS) is 13.6. The van der Waals surface area contributed by atoms with Gasteiger partial charge in [0.25, 0.3) is 5.69 Å². The molecule has 20 heavy (non-hydrogen) atoms. The molecule has 110 valence electrons. The first kappa shape index (κ1) is 16.0. The minimum atomic E-state index is -1.84. The van der Waals surface area contributed by atoms with Gasteiger partial charge in [0.2, 0.25) is 0 Å². The summed E-state index contributed by atoms with van der Waals surface area (Å²) < 4.78 is 4.55. The van der Waals surface area contributed by atoms with E-state index in [4.69, 9.17) is 5.11 Å². The number of aliphatic hydroxyl groups is 3. The van der Waals surface area contributed by atoms with E-state index in [1.165, 1.54) is 19.1 Å². The smallest absolute Gasteiger partial charge is 0.338 e. The number of hydrogen-bond donors (Lipinski definition) is 3. The van der Waals surface area contributed by atoms with Gasteiger partial charge in [0.1, 0.15) is 6.10 Å². The highest BCUT2D eigenvalue weighted by atomic mass is 16.6. The molecule has 0 fully saturated rings. The van der Waals surface area contributed by atoms with Crippen LogP contribution in [0.4, 0.5) is 5.69 Å². The molecule has 0 spiro atoms. The molecule has 8 nitrogen and oxygen atoms in total. The molecular formula is C12H15NO7. The maximum absolute atomic E-state index is 11.3. The second kappa shape index (κ2) is 6.94. The van der Waals surface area contributed by atoms with Crippen molar-refractivity contribution in [1.29, 1.82) is 0 Å². The number of hydrogen-bond acceptors (Lipinski definition) is 7. The lowest BCUT2D eigenvalue weighted by atomic mass is 10.0. The Morgan fingerprint density at radius 1 is 1.45 bits per heavy atom. The Hall–Kier alpha value is -2.03. The molecule has 0 aromatic heterocycles. The van der Waals surface area contributed by atoms with E-state index in [-0.39, 0.29) is 17.7 Å². The summed E-state index contributed by atoms with van der Waals surface area (Å²) in [4.78, 5) is 21.4. The van der Waals surface area contributed by atoms with Gasteiger partial charge in [-0.3, -0.25) is 10.1 Å². The highest BCUT2D eigenvalue weighted by molar-refractivity contribution is 5.75. The number of carbonyl (C=O) groups is 1. The van der Waals surface area contributed by atoms with Crippen molar-refractivity contribution in [2.45, 2.75) is 25.7 Å². The van der Waals surface area contributed by atoms with Crippen LogP contribution < -0.4 is 0 Å². The summed E-state index contributed by atoms with van der Waals surface area (Å²) in [5.41, 5.74) is -0.355. The number of carbonyl (C=O) groups excluding carboxylic acids is 1. The molecule has 0 saturated carbocycles. The van der Waals surface area contributed by atoms with Crippen molar-refractivity contribution in [3.8, 4) is 0 Å². The molecule has 1 aromatic carbocycles. The van der Waals surface area contributed by atoms with Crippen LogP contribution in [0.5, 0.6) is 0 Å². The molecule has 0 bridgehead atoms. The minimum Gasteiger partial charge on any atom is -0.464 e. The van der Waals surface area contributed by atoms with Crippen LogP contribution in [0.15, 0.2) is 18.2 Å². The number of nitro groups is 1. The molecule has 1 aromatic rings. The third kappa shape index (κ3) is 3.50. The van der Waals surface area contributed by atoms with Crippen molar-refractivity contribution in [2.75, 3.05) is 6.61 Å². The molecule has 0 saturated heterocycles. The standard InChI is InChI=1S/C12H15NO7/c1-2-20-12(17)11(16)10(15)7-3-4-8(6-14)9(5-7)13(18)19/h3-5,10-11,14-16H,2,6H2,1H3. The molecule has 0 aliphatic carbocycles. The predicted molar refractivity (Wildman–Crippen MR) is 66.6 cm³/mol. The summed E-state index contributed by atoms with van der Waals surface area (Å²) in [5.74, 6) is -1.02. The van der Waals surface area contributed by atoms with Gasteiger partial charge in [-0.1, -0.05) is 6.07 Å². The zero-order chi connectivity index (χ0) is 15.3. The molecule has 2 atom stereocenters. The minimum absolute atomic E-state index is 0.0190. The van der Waals surface area contributed by atoms with E-state index in [0.29, 0.717) is 0 Å². The topological polar surface area (TPSA) is 130 Å². The first-order valence-corrected chi connectivity index (χ1v) is 5.83. The number of nitrogens with zero attached hydrogens (tertiary/aromatic N) is 1. The maximum Gasteiger partial charge on any atom is 0.338 e. The third-order valence-corrected chi connectivity index (χ3v) is 2.65. The molecular weight excluding hydrogens is 270 g/mol. The average Bonchev–Trinajstić information content (AvgIpc) is 2.45. The summed E-state index contributed by atoms with van der Waals surface area (Å²) in [6, 6.07) is 3.53. The van der Waals surface area contributed by atoms with E-state index < -0.39 is 35.4 Å². The molecule has 0 aliphatic rings. The van der Waals surface area contributed by atoms with E-state index in [0.717, 1.165) is 6.07 Å². The zero-order valence-corrected chi connectivity index (χ0v) is 10.7. The Morgan fingerprint density at radius 2 is 2.10 bits per heavy atom. The van der Waals surface area contributed by atoms with Gasteiger partial charge in [0, 0.05) is 6.07 Å². The van der Waals surface area contributed by atoms with Crippen molar-refractivity contribution in [3.05, 3.63) is 39.4 Å². The Balaban J connectivity index is 3.04. The molecule has 0 heterocycles. The van der Waals surface area contributed by atoms with Gasteiger partial charge in [0.05, 0.1) is 23.7 Å². The SMILES string of the molecule is CCOC(=O)C(O)C(O)c1ccc(CO)c([N+](=O)[O-])c1. The monoisotopic (exact) mass is 285 g/mol. The third-order valence-electron chi connectivity index (χ3n) is 2.65. The second-order valence-electron chi connectivity index (χ2n) is 3.95. The van der Waals surface area contributed by atoms with Crippen LogP contribution in [0.3, 0.4) is 0 Å². The van der Waals surface area contributed by atoms with Crippen LogP contribution in [0.2, 0.25) is 0 Å². The van der Waals surface area contributed by atoms with Crippen LogP contribution in [-0.4, -0.2) is 38.9 Å². The largest absolute Gasteiger partial charge is 0.464 e. The summed E-state index contributed by atoms with van der Waals surface area (Å²) in [7, 11) is 0. The summed E-state index contributed by atoms with van der Waals surface area (Å²) >= 11 is 0. The van der Waals surface area contributed by atoms with E-state index in [9.17, 15) is 25.1 Å². The Labute approximate surface area is 114 Å². The highest BCUT2D eigenvalue weighted by Gasteiger charge is 2.28. The average molecular weight is 285 g/mol. The molecule has 3 N–H and O–H groups in total. The first-order valence-electron chi connectivity index (χ1n) is 5.83. The Bertz CT molecular complexity index is 503. The maximum atomic E-state index is 11.3. The predicted octanol–water partition coefficient (Wildman–Crippen LogP) is 0.0445. The van der Waals surface area contributed by atoms with E-state index >= 15 is 0 Å². The van der Waals surface area contributed by atoms with E-state index in [2.05, 4.69) is 4.74 Å². The lowest BCUT2D eigenvalue weighted by Gasteiger charge is -2.16. The van der Waals surface area contributed by atoms with Gasteiger partial charge in [0.15, 0.2) is 6.10 Å². The molecule has 2 unspecified atom stereocenters. The lowest BCUT2D eigenvalue weighted by molar-refractivity contribution is -0.386. The van der Waals surface area contributed by atoms with Gasteiger partial charge < -0.3 is 20.1 Å². The zero-order valence-electron chi connectivity index (χ0n) is 10.7. The summed E-state index contributed by atoms with van der Waals surface area (Å²) in [5, 5.41) is 39.2. The van der Waals surface area contributed by atoms with E-state index in [1.807, 2.05) is 0 Å². The van der Waals surface area contributed by atoms with Crippen molar-refractivity contribution in [1.82, 2.24) is 0 Å². The van der Waals surface area contributed by atoms with Crippen molar-refractivity contribution in [3.63, 3.8) is 0 Å². The summed E-state index contributed by atoms with van der Waals surface area (Å²) in [6.07, 6.45) is -3.49.